The summed E-state index contributed by atoms with van der Waals surface area (Å²) in [6.45, 7) is 0.405. The summed E-state index contributed by atoms with van der Waals surface area (Å²) in [6, 6.07) is 0. The Morgan fingerprint density at radius 2 is 1.88 bits per heavy atom. The molecule has 96 valence electrons. The van der Waals surface area contributed by atoms with Gasteiger partial charge < -0.3 is 10.8 Å². The Balaban J connectivity index is 1.90. The topological polar surface area (TPSA) is 63.3 Å². The molecule has 0 spiro atoms. The molecule has 3 aliphatic carbocycles. The van der Waals surface area contributed by atoms with Crippen molar-refractivity contribution in [3.63, 3.8) is 0 Å². The van der Waals surface area contributed by atoms with E-state index >= 15 is 0 Å². The van der Waals surface area contributed by atoms with E-state index in [0.717, 1.165) is 25.7 Å². The average Bonchev–Trinajstić information content (AvgIpc) is 2.23. The SMILES string of the molecule is NCC1(CC(=O)O)C2CCC3CC[C@H]1C2[C@H]3F. The first-order chi connectivity index (χ1) is 8.10. The molecule has 3 aliphatic rings. The summed E-state index contributed by atoms with van der Waals surface area (Å²) >= 11 is 0. The van der Waals surface area contributed by atoms with Gasteiger partial charge in [-0.15, -0.1) is 0 Å². The summed E-state index contributed by atoms with van der Waals surface area (Å²) in [5.74, 6) is 0.0239. The third-order valence-electron chi connectivity index (χ3n) is 5.78. The Kier molecular flexibility index (Phi) is 2.47. The standard InChI is InChI=1S/C13H20FNO2/c14-12-7-1-3-8-11(12)9(4-2-7)13(8,6-15)5-10(16)17/h7-9,11-12H,1-6,15H2,(H,16,17)/t7?,8-,9?,11?,12-,13?/m0/s1. The Hall–Kier alpha value is -0.640. The van der Waals surface area contributed by atoms with Gasteiger partial charge >= 0.3 is 5.97 Å². The molecule has 2 bridgehead atoms. The second kappa shape index (κ2) is 3.67. The molecule has 0 heterocycles. The number of carboxylic acid groups (broad SMARTS) is 1. The van der Waals surface area contributed by atoms with E-state index in [4.69, 9.17) is 10.8 Å². The monoisotopic (exact) mass is 241 g/mol. The minimum Gasteiger partial charge on any atom is -0.481 e. The molecule has 3 rings (SSSR count). The number of nitrogens with two attached hydrogens (primary N) is 1. The lowest BCUT2D eigenvalue weighted by Crippen LogP contribution is -2.68. The van der Waals surface area contributed by atoms with Gasteiger partial charge in [0.05, 0.1) is 6.42 Å². The van der Waals surface area contributed by atoms with Crippen LogP contribution in [0.1, 0.15) is 32.1 Å². The predicted octanol–water partition coefficient (Wildman–Crippen LogP) is 1.81. The first-order valence-corrected chi connectivity index (χ1v) is 6.66. The van der Waals surface area contributed by atoms with Gasteiger partial charge in [0.25, 0.3) is 0 Å². The molecule has 3 nitrogen and oxygen atoms in total. The molecule has 3 N–H and O–H groups in total. The molecule has 0 aromatic carbocycles. The van der Waals surface area contributed by atoms with Crippen molar-refractivity contribution in [1.29, 1.82) is 0 Å². The van der Waals surface area contributed by atoms with E-state index in [2.05, 4.69) is 0 Å². The van der Waals surface area contributed by atoms with Crippen molar-refractivity contribution < 1.29 is 14.3 Å². The minimum absolute atomic E-state index is 0.116. The molecule has 0 aromatic rings. The van der Waals surface area contributed by atoms with Crippen LogP contribution in [0.4, 0.5) is 4.39 Å². The second-order valence-corrected chi connectivity index (χ2v) is 6.16. The third kappa shape index (κ3) is 1.33. The van der Waals surface area contributed by atoms with Crippen LogP contribution < -0.4 is 5.73 Å². The maximum Gasteiger partial charge on any atom is 0.303 e. The van der Waals surface area contributed by atoms with Gasteiger partial charge in [-0.2, -0.15) is 0 Å². The zero-order chi connectivity index (χ0) is 12.2. The van der Waals surface area contributed by atoms with E-state index in [-0.39, 0.29) is 35.5 Å². The van der Waals surface area contributed by atoms with E-state index in [1.54, 1.807) is 0 Å². The average molecular weight is 241 g/mol. The lowest BCUT2D eigenvalue weighted by Gasteiger charge is -2.67. The van der Waals surface area contributed by atoms with E-state index < -0.39 is 12.1 Å². The highest BCUT2D eigenvalue weighted by atomic mass is 19.1. The maximum atomic E-state index is 14.2. The second-order valence-electron chi connectivity index (χ2n) is 6.16. The van der Waals surface area contributed by atoms with Crippen LogP contribution in [-0.2, 0) is 4.79 Å². The van der Waals surface area contributed by atoms with Crippen LogP contribution in [-0.4, -0.2) is 23.8 Å². The fourth-order valence-corrected chi connectivity index (χ4v) is 5.09. The number of hydrogen-bond acceptors (Lipinski definition) is 2. The lowest BCUT2D eigenvalue weighted by atomic mass is 9.37. The fourth-order valence-electron chi connectivity index (χ4n) is 5.09. The zero-order valence-corrected chi connectivity index (χ0v) is 9.94. The number of halogens is 1. The largest absolute Gasteiger partial charge is 0.481 e. The first-order valence-electron chi connectivity index (χ1n) is 6.66. The molecule has 17 heavy (non-hydrogen) atoms. The molecular weight excluding hydrogens is 221 g/mol. The minimum atomic E-state index is -0.781. The first kappa shape index (κ1) is 11.5. The molecule has 6 atom stereocenters. The van der Waals surface area contributed by atoms with Crippen molar-refractivity contribution in [3.8, 4) is 0 Å². The normalized spacial score (nSPS) is 51.8. The summed E-state index contributed by atoms with van der Waals surface area (Å²) in [4.78, 5) is 11.0. The number of rotatable bonds is 3. The van der Waals surface area contributed by atoms with Gasteiger partial charge in [-0.1, -0.05) is 0 Å². The third-order valence-corrected chi connectivity index (χ3v) is 5.78. The van der Waals surface area contributed by atoms with Crippen molar-refractivity contribution in [3.05, 3.63) is 0 Å². The van der Waals surface area contributed by atoms with Gasteiger partial charge in [0, 0.05) is 0 Å². The van der Waals surface area contributed by atoms with Crippen LogP contribution in [0.3, 0.4) is 0 Å². The Morgan fingerprint density at radius 1 is 1.29 bits per heavy atom. The number of hydrogen-bond donors (Lipinski definition) is 2. The summed E-state index contributed by atoms with van der Waals surface area (Å²) in [5, 5.41) is 9.08. The molecule has 0 radical (unpaired) electrons. The van der Waals surface area contributed by atoms with Crippen molar-refractivity contribution in [1.82, 2.24) is 0 Å². The summed E-state index contributed by atoms with van der Waals surface area (Å²) < 4.78 is 14.2. The van der Waals surface area contributed by atoms with Crippen molar-refractivity contribution in [2.75, 3.05) is 6.54 Å². The molecule has 3 saturated carbocycles. The number of carbonyl (C=O) groups is 1. The van der Waals surface area contributed by atoms with Crippen LogP contribution >= 0.6 is 0 Å². The van der Waals surface area contributed by atoms with E-state index in [9.17, 15) is 9.18 Å². The highest BCUT2D eigenvalue weighted by molar-refractivity contribution is 5.68. The van der Waals surface area contributed by atoms with Crippen LogP contribution in [0.2, 0.25) is 0 Å². The van der Waals surface area contributed by atoms with Gasteiger partial charge in [-0.25, -0.2) is 4.39 Å². The number of alkyl halides is 1. The predicted molar refractivity (Wildman–Crippen MR) is 61.1 cm³/mol. The molecule has 0 aromatic heterocycles. The van der Waals surface area contributed by atoms with Crippen molar-refractivity contribution in [2.24, 2.45) is 34.8 Å². The lowest BCUT2D eigenvalue weighted by molar-refractivity contribution is -0.217. The van der Waals surface area contributed by atoms with Gasteiger partial charge in [-0.3, -0.25) is 4.79 Å². The number of aliphatic carboxylic acids is 1. The smallest absolute Gasteiger partial charge is 0.303 e. The number of fused-ring (bicyclic) bond motifs is 1. The molecule has 0 aliphatic heterocycles. The van der Waals surface area contributed by atoms with E-state index in [1.165, 1.54) is 0 Å². The Bertz CT molecular complexity index is 330. The zero-order valence-electron chi connectivity index (χ0n) is 9.94. The van der Waals surface area contributed by atoms with Crippen LogP contribution in [0.5, 0.6) is 0 Å². The Morgan fingerprint density at radius 3 is 2.35 bits per heavy atom. The summed E-state index contributed by atoms with van der Waals surface area (Å²) in [6.07, 6.45) is 3.26. The van der Waals surface area contributed by atoms with Crippen LogP contribution in [0, 0.1) is 29.1 Å². The van der Waals surface area contributed by atoms with Crippen LogP contribution in [0.15, 0.2) is 0 Å². The molecule has 4 unspecified atom stereocenters. The molecule has 4 heteroatoms. The molecule has 0 saturated heterocycles. The summed E-state index contributed by atoms with van der Waals surface area (Å²) in [7, 11) is 0. The summed E-state index contributed by atoms with van der Waals surface area (Å²) in [5.41, 5.74) is 5.57. The maximum absolute atomic E-state index is 14.2. The van der Waals surface area contributed by atoms with Gasteiger partial charge in [-0.05, 0) is 61.3 Å². The Labute approximate surface area is 101 Å². The molecule has 3 fully saturated rings. The van der Waals surface area contributed by atoms with E-state index in [0.29, 0.717) is 6.54 Å². The van der Waals surface area contributed by atoms with Crippen molar-refractivity contribution >= 4 is 5.97 Å². The fraction of sp³-hybridized carbons (Fsp3) is 0.923. The number of carboxylic acids is 1. The molecular formula is C13H20FNO2. The van der Waals surface area contributed by atoms with Crippen molar-refractivity contribution in [2.45, 2.75) is 38.3 Å². The van der Waals surface area contributed by atoms with Gasteiger partial charge in [0.2, 0.25) is 0 Å². The van der Waals surface area contributed by atoms with E-state index in [1.807, 2.05) is 0 Å². The quantitative estimate of drug-likeness (QED) is 0.792. The highest BCUT2D eigenvalue weighted by Gasteiger charge is 2.67. The molecule has 0 amide bonds. The van der Waals surface area contributed by atoms with Gasteiger partial charge in [0.15, 0.2) is 0 Å². The van der Waals surface area contributed by atoms with Crippen LogP contribution in [0.25, 0.3) is 0 Å². The highest BCUT2D eigenvalue weighted by Crippen LogP contribution is 2.68. The van der Waals surface area contributed by atoms with Gasteiger partial charge in [0.1, 0.15) is 6.17 Å².